The van der Waals surface area contributed by atoms with Gasteiger partial charge in [0, 0.05) is 5.41 Å². The number of fused-ring (bicyclic) bond motifs is 2. The van der Waals surface area contributed by atoms with Gasteiger partial charge in [-0.05, 0) is 57.9 Å². The van der Waals surface area contributed by atoms with Crippen molar-refractivity contribution in [2.75, 3.05) is 0 Å². The molecule has 0 N–H and O–H groups in total. The van der Waals surface area contributed by atoms with Crippen molar-refractivity contribution in [3.05, 3.63) is 23.8 Å². The molecule has 2 rings (SSSR count). The van der Waals surface area contributed by atoms with E-state index in [0.717, 1.165) is 25.2 Å². The van der Waals surface area contributed by atoms with Crippen molar-refractivity contribution < 1.29 is 4.79 Å². The normalized spacial score (nSPS) is 33.6. The second-order valence-electron chi connectivity index (χ2n) is 5.40. The molecular weight excluding hydrogens is 184 g/mol. The van der Waals surface area contributed by atoms with Gasteiger partial charge in [0.05, 0.1) is 0 Å². The summed E-state index contributed by atoms with van der Waals surface area (Å²) in [5.41, 5.74) is 1.30. The molecule has 0 unspecified atom stereocenters. The fourth-order valence-electron chi connectivity index (χ4n) is 3.04. The Morgan fingerprint density at radius 3 is 2.40 bits per heavy atom. The van der Waals surface area contributed by atoms with Gasteiger partial charge in [-0.25, -0.2) is 0 Å². The van der Waals surface area contributed by atoms with Crippen molar-refractivity contribution in [2.24, 2.45) is 11.3 Å². The zero-order chi connectivity index (χ0) is 10.9. The standard InChI is InChI=1S/C14H20O/c1-11(2)4-3-5-13(15)14-8-6-12(10-14)7-9-14/h3-5,12H,6-10H2,1-2H3. The van der Waals surface area contributed by atoms with Crippen LogP contribution in [0, 0.1) is 11.3 Å². The van der Waals surface area contributed by atoms with Gasteiger partial charge in [-0.2, -0.15) is 0 Å². The third-order valence-electron chi connectivity index (χ3n) is 3.94. The summed E-state index contributed by atoms with van der Waals surface area (Å²) in [6, 6.07) is 0. The highest BCUT2D eigenvalue weighted by Crippen LogP contribution is 2.54. The zero-order valence-corrected chi connectivity index (χ0v) is 9.75. The smallest absolute Gasteiger partial charge is 0.161 e. The first-order valence-corrected chi connectivity index (χ1v) is 5.98. The Bertz CT molecular complexity index is 310. The zero-order valence-electron chi connectivity index (χ0n) is 9.75. The van der Waals surface area contributed by atoms with Gasteiger partial charge in [-0.1, -0.05) is 17.7 Å². The maximum absolute atomic E-state index is 12.1. The van der Waals surface area contributed by atoms with Gasteiger partial charge in [0.15, 0.2) is 5.78 Å². The fourth-order valence-corrected chi connectivity index (χ4v) is 3.04. The van der Waals surface area contributed by atoms with E-state index in [9.17, 15) is 4.79 Å². The van der Waals surface area contributed by atoms with E-state index in [-0.39, 0.29) is 5.41 Å². The van der Waals surface area contributed by atoms with Gasteiger partial charge >= 0.3 is 0 Å². The van der Waals surface area contributed by atoms with Crippen LogP contribution in [0.25, 0.3) is 0 Å². The van der Waals surface area contributed by atoms with Crippen LogP contribution >= 0.6 is 0 Å². The quantitative estimate of drug-likeness (QED) is 0.506. The van der Waals surface area contributed by atoms with Crippen LogP contribution in [0.3, 0.4) is 0 Å². The summed E-state index contributed by atoms with van der Waals surface area (Å²) < 4.78 is 0. The number of hydrogen-bond acceptors (Lipinski definition) is 1. The lowest BCUT2D eigenvalue weighted by molar-refractivity contribution is -0.123. The summed E-state index contributed by atoms with van der Waals surface area (Å²) in [6.45, 7) is 4.10. The Balaban J connectivity index is 2.02. The Labute approximate surface area is 92.3 Å². The summed E-state index contributed by atoms with van der Waals surface area (Å²) in [4.78, 5) is 12.1. The van der Waals surface area contributed by atoms with Gasteiger partial charge in [0.25, 0.3) is 0 Å². The number of allylic oxidation sites excluding steroid dienone is 4. The molecule has 0 spiro atoms. The third kappa shape index (κ3) is 2.06. The molecular formula is C14H20O. The summed E-state index contributed by atoms with van der Waals surface area (Å²) in [6.07, 6.45) is 11.7. The predicted molar refractivity (Wildman–Crippen MR) is 62.6 cm³/mol. The van der Waals surface area contributed by atoms with E-state index in [1.54, 1.807) is 6.08 Å². The number of carbonyl (C=O) groups excluding carboxylic acids is 1. The van der Waals surface area contributed by atoms with Gasteiger partial charge in [-0.15, -0.1) is 0 Å². The lowest BCUT2D eigenvalue weighted by Crippen LogP contribution is -2.24. The molecule has 2 saturated carbocycles. The first-order valence-electron chi connectivity index (χ1n) is 5.98. The molecule has 0 amide bonds. The highest BCUT2D eigenvalue weighted by molar-refractivity contribution is 5.95. The van der Waals surface area contributed by atoms with E-state index in [1.807, 2.05) is 26.0 Å². The van der Waals surface area contributed by atoms with Gasteiger partial charge in [-0.3, -0.25) is 4.79 Å². The fraction of sp³-hybridized carbons (Fsp3) is 0.643. The Kier molecular flexibility index (Phi) is 2.81. The highest BCUT2D eigenvalue weighted by Gasteiger charge is 2.48. The number of ketones is 1. The molecule has 15 heavy (non-hydrogen) atoms. The molecule has 0 atom stereocenters. The first-order chi connectivity index (χ1) is 7.12. The van der Waals surface area contributed by atoms with Gasteiger partial charge < -0.3 is 0 Å². The van der Waals surface area contributed by atoms with Crippen LogP contribution in [0.5, 0.6) is 0 Å². The molecule has 0 heterocycles. The largest absolute Gasteiger partial charge is 0.294 e. The molecule has 2 aliphatic carbocycles. The summed E-state index contributed by atoms with van der Waals surface area (Å²) >= 11 is 0. The second kappa shape index (κ2) is 3.96. The molecule has 0 aliphatic heterocycles. The average Bonchev–Trinajstić information content (AvgIpc) is 2.77. The summed E-state index contributed by atoms with van der Waals surface area (Å²) in [5.74, 6) is 1.23. The average molecular weight is 204 g/mol. The Morgan fingerprint density at radius 1 is 1.27 bits per heavy atom. The summed E-state index contributed by atoms with van der Waals surface area (Å²) in [7, 11) is 0. The van der Waals surface area contributed by atoms with Crippen molar-refractivity contribution in [1.29, 1.82) is 0 Å². The first kappa shape index (κ1) is 10.7. The third-order valence-corrected chi connectivity index (χ3v) is 3.94. The van der Waals surface area contributed by atoms with Gasteiger partial charge in [0.1, 0.15) is 0 Å². The minimum atomic E-state index is 0.0522. The van der Waals surface area contributed by atoms with E-state index in [1.165, 1.54) is 18.4 Å². The number of carbonyl (C=O) groups is 1. The number of hydrogen-bond donors (Lipinski definition) is 0. The van der Waals surface area contributed by atoms with E-state index < -0.39 is 0 Å². The molecule has 0 aromatic rings. The topological polar surface area (TPSA) is 17.1 Å². The van der Waals surface area contributed by atoms with Crippen molar-refractivity contribution >= 4 is 5.78 Å². The molecule has 1 nitrogen and oxygen atoms in total. The molecule has 1 heteroatoms. The van der Waals surface area contributed by atoms with Crippen LogP contribution in [0.2, 0.25) is 0 Å². The van der Waals surface area contributed by atoms with E-state index >= 15 is 0 Å². The Morgan fingerprint density at radius 2 is 1.93 bits per heavy atom. The SMILES string of the molecule is CC(C)=CC=CC(=O)C12CCC(CC1)C2. The van der Waals surface area contributed by atoms with Crippen LogP contribution in [-0.2, 0) is 4.79 Å². The molecule has 0 aromatic carbocycles. The maximum atomic E-state index is 12.1. The van der Waals surface area contributed by atoms with Crippen molar-refractivity contribution in [1.82, 2.24) is 0 Å². The van der Waals surface area contributed by atoms with E-state index in [4.69, 9.17) is 0 Å². The lowest BCUT2D eigenvalue weighted by atomic mass is 9.80. The van der Waals surface area contributed by atoms with E-state index in [0.29, 0.717) is 5.78 Å². The molecule has 2 fully saturated rings. The van der Waals surface area contributed by atoms with Crippen LogP contribution in [-0.4, -0.2) is 5.78 Å². The molecule has 0 radical (unpaired) electrons. The molecule has 2 aliphatic rings. The Hall–Kier alpha value is -0.850. The van der Waals surface area contributed by atoms with Crippen molar-refractivity contribution in [3.8, 4) is 0 Å². The van der Waals surface area contributed by atoms with Crippen molar-refractivity contribution in [3.63, 3.8) is 0 Å². The van der Waals surface area contributed by atoms with Crippen LogP contribution in [0.15, 0.2) is 23.8 Å². The summed E-state index contributed by atoms with van der Waals surface area (Å²) in [5, 5.41) is 0. The molecule has 0 aromatic heterocycles. The molecule has 82 valence electrons. The van der Waals surface area contributed by atoms with Gasteiger partial charge in [0.2, 0.25) is 0 Å². The monoisotopic (exact) mass is 204 g/mol. The van der Waals surface area contributed by atoms with E-state index in [2.05, 4.69) is 0 Å². The van der Waals surface area contributed by atoms with Crippen LogP contribution < -0.4 is 0 Å². The molecule has 0 saturated heterocycles. The number of rotatable bonds is 3. The van der Waals surface area contributed by atoms with Crippen LogP contribution in [0.4, 0.5) is 0 Å². The van der Waals surface area contributed by atoms with Crippen molar-refractivity contribution in [2.45, 2.75) is 46.0 Å². The lowest BCUT2D eigenvalue weighted by Gasteiger charge is -2.22. The minimum absolute atomic E-state index is 0.0522. The minimum Gasteiger partial charge on any atom is -0.294 e. The molecule has 2 bridgehead atoms. The maximum Gasteiger partial charge on any atom is 0.161 e. The second-order valence-corrected chi connectivity index (χ2v) is 5.40. The van der Waals surface area contributed by atoms with Crippen LogP contribution in [0.1, 0.15) is 46.0 Å². The predicted octanol–water partition coefficient (Wildman–Crippen LogP) is 3.66. The highest BCUT2D eigenvalue weighted by atomic mass is 16.1.